The van der Waals surface area contributed by atoms with E-state index in [0.717, 1.165) is 15.3 Å². The number of halogens is 1. The molecule has 31 heavy (non-hydrogen) atoms. The third-order valence-corrected chi connectivity index (χ3v) is 6.52. The Hall–Kier alpha value is -3.16. The van der Waals surface area contributed by atoms with Crippen molar-refractivity contribution in [3.63, 3.8) is 0 Å². The first kappa shape index (κ1) is 21.1. The minimum Gasteiger partial charge on any atom is -0.343 e. The fourth-order valence-corrected chi connectivity index (χ4v) is 4.79. The summed E-state index contributed by atoms with van der Waals surface area (Å²) in [5.41, 5.74) is 0.0672. The van der Waals surface area contributed by atoms with E-state index in [9.17, 15) is 14.4 Å². The third kappa shape index (κ3) is 4.06. The van der Waals surface area contributed by atoms with Crippen LogP contribution in [0.15, 0.2) is 72.1 Å². The number of hydrogen-bond acceptors (Lipinski definition) is 4. The first-order valence-electron chi connectivity index (χ1n) is 9.67. The topological polar surface area (TPSA) is 78.5 Å². The molecule has 1 aliphatic heterocycles. The number of benzene rings is 2. The van der Waals surface area contributed by atoms with Crippen LogP contribution in [0.4, 0.5) is 4.79 Å². The van der Waals surface area contributed by atoms with Gasteiger partial charge in [0, 0.05) is 15.5 Å². The number of imide groups is 1. The molecule has 0 saturated carbocycles. The van der Waals surface area contributed by atoms with E-state index in [1.54, 1.807) is 31.2 Å². The van der Waals surface area contributed by atoms with Gasteiger partial charge in [-0.25, -0.2) is 4.79 Å². The molecule has 158 valence electrons. The summed E-state index contributed by atoms with van der Waals surface area (Å²) in [5.74, 6) is -0.956. The van der Waals surface area contributed by atoms with Crippen LogP contribution in [-0.4, -0.2) is 29.3 Å². The molecule has 4 rings (SSSR count). The van der Waals surface area contributed by atoms with E-state index >= 15 is 0 Å². The van der Waals surface area contributed by atoms with Crippen LogP contribution in [0.3, 0.4) is 0 Å². The lowest BCUT2D eigenvalue weighted by Crippen LogP contribution is -2.44. The van der Waals surface area contributed by atoms with Gasteiger partial charge in [-0.1, -0.05) is 66.2 Å². The molecule has 2 atom stereocenters. The Kier molecular flexibility index (Phi) is 5.80. The van der Waals surface area contributed by atoms with Gasteiger partial charge in [-0.15, -0.1) is 11.3 Å². The number of carbonyl (C=O) groups excluding carboxylic acids is 3. The maximum atomic E-state index is 13.1. The van der Waals surface area contributed by atoms with Crippen molar-refractivity contribution in [1.29, 1.82) is 0 Å². The minimum absolute atomic E-state index is 0.367. The molecule has 2 heterocycles. The number of urea groups is 1. The lowest BCUT2D eigenvalue weighted by Gasteiger charge is -2.23. The Morgan fingerprint density at radius 2 is 1.81 bits per heavy atom. The molecule has 0 bridgehead atoms. The van der Waals surface area contributed by atoms with E-state index < -0.39 is 23.4 Å². The van der Waals surface area contributed by atoms with Crippen LogP contribution in [0, 0.1) is 0 Å². The number of amides is 4. The first-order chi connectivity index (χ1) is 14.9. The molecule has 1 saturated heterocycles. The zero-order valence-corrected chi connectivity index (χ0v) is 18.2. The molecule has 1 fully saturated rings. The maximum Gasteiger partial charge on any atom is 0.325 e. The fraction of sp³-hybridized carbons (Fsp3) is 0.174. The molecule has 0 unspecified atom stereocenters. The summed E-state index contributed by atoms with van der Waals surface area (Å²) in [6, 6.07) is 19.2. The number of carbonyl (C=O) groups is 3. The Morgan fingerprint density at radius 1 is 1.10 bits per heavy atom. The van der Waals surface area contributed by atoms with Crippen molar-refractivity contribution >= 4 is 40.8 Å². The van der Waals surface area contributed by atoms with Crippen LogP contribution >= 0.6 is 22.9 Å². The highest BCUT2D eigenvalue weighted by Gasteiger charge is 2.50. The Labute approximate surface area is 188 Å². The normalized spacial score (nSPS) is 19.2. The van der Waals surface area contributed by atoms with Gasteiger partial charge in [0.25, 0.3) is 5.91 Å². The summed E-state index contributed by atoms with van der Waals surface area (Å²) in [5, 5.41) is 7.94. The number of nitrogens with zero attached hydrogens (tertiary/aromatic N) is 1. The van der Waals surface area contributed by atoms with Crippen molar-refractivity contribution < 1.29 is 14.4 Å². The van der Waals surface area contributed by atoms with Gasteiger partial charge in [0.1, 0.15) is 12.1 Å². The van der Waals surface area contributed by atoms with Crippen molar-refractivity contribution in [2.24, 2.45) is 0 Å². The molecule has 6 nitrogen and oxygen atoms in total. The third-order valence-electron chi connectivity index (χ3n) is 5.26. The average molecular weight is 454 g/mol. The maximum absolute atomic E-state index is 13.1. The second kappa shape index (κ2) is 8.53. The second-order valence-corrected chi connectivity index (χ2v) is 8.74. The first-order valence-corrected chi connectivity index (χ1v) is 10.9. The summed E-state index contributed by atoms with van der Waals surface area (Å²) in [4.78, 5) is 40.5. The zero-order chi connectivity index (χ0) is 22.0. The molecule has 3 aromatic rings. The fourth-order valence-electron chi connectivity index (χ4n) is 3.66. The molecule has 1 aromatic heterocycles. The molecule has 2 aromatic carbocycles. The van der Waals surface area contributed by atoms with E-state index in [-0.39, 0.29) is 12.6 Å². The molecule has 8 heteroatoms. The number of nitrogens with one attached hydrogen (secondary N) is 2. The molecular weight excluding hydrogens is 434 g/mol. The highest BCUT2D eigenvalue weighted by atomic mass is 35.5. The summed E-state index contributed by atoms with van der Waals surface area (Å²) < 4.78 is 0. The Bertz CT molecular complexity index is 1120. The summed E-state index contributed by atoms with van der Waals surface area (Å²) in [6.45, 7) is 1.20. The highest BCUT2D eigenvalue weighted by Crippen LogP contribution is 2.33. The quantitative estimate of drug-likeness (QED) is 0.552. The van der Waals surface area contributed by atoms with Crippen LogP contribution in [-0.2, 0) is 15.1 Å². The smallest absolute Gasteiger partial charge is 0.325 e. The molecule has 2 N–H and O–H groups in total. The van der Waals surface area contributed by atoms with Gasteiger partial charge in [-0.05, 0) is 30.0 Å². The lowest BCUT2D eigenvalue weighted by atomic mass is 9.92. The zero-order valence-electron chi connectivity index (χ0n) is 16.7. The second-order valence-electron chi connectivity index (χ2n) is 7.35. The standard InChI is InChI=1S/C23H20ClN3O3S/c1-23(16-10-5-6-11-17(16)24)21(29)27(22(30)26-23)14-19(28)25-20(18-12-7-13-31-18)15-8-3-2-4-9-15/h2-13,20H,14H2,1H3,(H,25,28)(H,26,30)/t20-,23+/m0/s1. The predicted octanol–water partition coefficient (Wildman–Crippen LogP) is 4.07. The van der Waals surface area contributed by atoms with Gasteiger partial charge in [-0.2, -0.15) is 0 Å². The molecule has 1 aliphatic rings. The van der Waals surface area contributed by atoms with Crippen molar-refractivity contribution in [1.82, 2.24) is 15.5 Å². The van der Waals surface area contributed by atoms with Crippen LogP contribution in [0.1, 0.15) is 29.0 Å². The number of hydrogen-bond donors (Lipinski definition) is 2. The molecule has 0 aliphatic carbocycles. The van der Waals surface area contributed by atoms with Gasteiger partial charge in [0.15, 0.2) is 0 Å². The largest absolute Gasteiger partial charge is 0.343 e. The van der Waals surface area contributed by atoms with Crippen LogP contribution in [0.2, 0.25) is 5.02 Å². The number of thiophene rings is 1. The minimum atomic E-state index is -1.33. The van der Waals surface area contributed by atoms with Gasteiger partial charge >= 0.3 is 6.03 Å². The summed E-state index contributed by atoms with van der Waals surface area (Å²) in [6.07, 6.45) is 0. The van der Waals surface area contributed by atoms with E-state index in [1.807, 2.05) is 47.8 Å². The van der Waals surface area contributed by atoms with Gasteiger partial charge in [0.2, 0.25) is 5.91 Å². The SMILES string of the molecule is C[C@]1(c2ccccc2Cl)NC(=O)N(CC(=O)N[C@@H](c2ccccc2)c2cccs2)C1=O. The lowest BCUT2D eigenvalue weighted by molar-refractivity contribution is -0.135. The van der Waals surface area contributed by atoms with Crippen LogP contribution in [0.5, 0.6) is 0 Å². The molecule has 0 spiro atoms. The summed E-state index contributed by atoms with van der Waals surface area (Å²) in [7, 11) is 0. The van der Waals surface area contributed by atoms with Crippen molar-refractivity contribution in [3.05, 3.63) is 93.1 Å². The van der Waals surface area contributed by atoms with Crippen molar-refractivity contribution in [2.45, 2.75) is 18.5 Å². The van der Waals surface area contributed by atoms with Crippen molar-refractivity contribution in [2.75, 3.05) is 6.54 Å². The van der Waals surface area contributed by atoms with E-state index in [4.69, 9.17) is 11.6 Å². The predicted molar refractivity (Wildman–Crippen MR) is 120 cm³/mol. The van der Waals surface area contributed by atoms with Gasteiger partial charge in [-0.3, -0.25) is 14.5 Å². The number of rotatable bonds is 6. The average Bonchev–Trinajstić information content (AvgIpc) is 3.37. The highest BCUT2D eigenvalue weighted by molar-refractivity contribution is 7.10. The van der Waals surface area contributed by atoms with Crippen LogP contribution < -0.4 is 10.6 Å². The van der Waals surface area contributed by atoms with Crippen LogP contribution in [0.25, 0.3) is 0 Å². The van der Waals surface area contributed by atoms with E-state index in [2.05, 4.69) is 10.6 Å². The van der Waals surface area contributed by atoms with E-state index in [1.165, 1.54) is 11.3 Å². The van der Waals surface area contributed by atoms with Gasteiger partial charge in [0.05, 0.1) is 6.04 Å². The van der Waals surface area contributed by atoms with Gasteiger partial charge < -0.3 is 10.6 Å². The summed E-state index contributed by atoms with van der Waals surface area (Å²) >= 11 is 7.78. The Balaban J connectivity index is 1.53. The molecule has 4 amide bonds. The molecule has 0 radical (unpaired) electrons. The Morgan fingerprint density at radius 3 is 2.48 bits per heavy atom. The molecular formula is C23H20ClN3O3S. The van der Waals surface area contributed by atoms with Crippen molar-refractivity contribution in [3.8, 4) is 0 Å². The van der Waals surface area contributed by atoms with E-state index in [0.29, 0.717) is 10.6 Å². The monoisotopic (exact) mass is 453 g/mol.